The van der Waals surface area contributed by atoms with Crippen molar-refractivity contribution in [3.8, 4) is 0 Å². The van der Waals surface area contributed by atoms with Gasteiger partial charge >= 0.3 is 0 Å². The molecule has 22 heavy (non-hydrogen) atoms. The molecule has 3 aromatic rings. The average Bonchev–Trinajstić information content (AvgIpc) is 2.55. The third-order valence-electron chi connectivity index (χ3n) is 3.96. The highest BCUT2D eigenvalue weighted by Crippen LogP contribution is 2.28. The van der Waals surface area contributed by atoms with E-state index in [1.165, 1.54) is 11.9 Å². The number of aliphatic hydroxyl groups is 1. The van der Waals surface area contributed by atoms with Crippen LogP contribution in [0, 0.1) is 0 Å². The Morgan fingerprint density at radius 3 is 2.55 bits per heavy atom. The van der Waals surface area contributed by atoms with E-state index in [2.05, 4.69) is 46.1 Å². The molecule has 112 valence electrons. The molecule has 0 radical (unpaired) electrons. The van der Waals surface area contributed by atoms with Gasteiger partial charge in [-0.25, -0.2) is 9.97 Å². The van der Waals surface area contributed by atoms with E-state index in [0.29, 0.717) is 0 Å². The van der Waals surface area contributed by atoms with Crippen molar-refractivity contribution in [1.29, 1.82) is 0 Å². The summed E-state index contributed by atoms with van der Waals surface area (Å²) in [6.07, 6.45) is 5.51. The number of aromatic nitrogens is 3. The summed E-state index contributed by atoms with van der Waals surface area (Å²) in [6, 6.07) is 10.3. The number of hydrogen-bond donors (Lipinski definition) is 1. The quantitative estimate of drug-likeness (QED) is 0.803. The van der Waals surface area contributed by atoms with Gasteiger partial charge < -0.3 is 5.11 Å². The zero-order valence-corrected chi connectivity index (χ0v) is 12.8. The van der Waals surface area contributed by atoms with Gasteiger partial charge in [0.2, 0.25) is 0 Å². The number of nitrogens with zero attached hydrogens (tertiary/aromatic N) is 3. The van der Waals surface area contributed by atoms with Crippen LogP contribution >= 0.6 is 0 Å². The van der Waals surface area contributed by atoms with Crippen LogP contribution in [0.5, 0.6) is 0 Å². The van der Waals surface area contributed by atoms with Crippen LogP contribution < -0.4 is 0 Å². The fraction of sp³-hybridized carbons (Fsp3) is 0.278. The first-order valence-electron chi connectivity index (χ1n) is 7.51. The van der Waals surface area contributed by atoms with Crippen molar-refractivity contribution in [3.63, 3.8) is 0 Å². The summed E-state index contributed by atoms with van der Waals surface area (Å²) in [5.74, 6) is -0.162. The van der Waals surface area contributed by atoms with E-state index in [0.717, 1.165) is 28.6 Å². The van der Waals surface area contributed by atoms with Crippen LogP contribution in [0.4, 0.5) is 0 Å². The van der Waals surface area contributed by atoms with Gasteiger partial charge in [0.15, 0.2) is 0 Å². The Morgan fingerprint density at radius 1 is 1.09 bits per heavy atom. The van der Waals surface area contributed by atoms with E-state index in [4.69, 9.17) is 0 Å². The Balaban J connectivity index is 2.04. The first kappa shape index (κ1) is 14.6. The van der Waals surface area contributed by atoms with Crippen LogP contribution in [0.2, 0.25) is 0 Å². The standard InChI is InChI=1S/C18H19N3O/c1-3-13-4-6-14(7-5-13)18(12(2)22)17-8-16-15(10-20-17)9-19-11-21-16/h4-12,18,22H,3H2,1-2H3. The first-order valence-corrected chi connectivity index (χ1v) is 7.51. The largest absolute Gasteiger partial charge is 0.392 e. The summed E-state index contributed by atoms with van der Waals surface area (Å²) in [5.41, 5.74) is 4.02. The highest BCUT2D eigenvalue weighted by atomic mass is 16.3. The highest BCUT2D eigenvalue weighted by molar-refractivity contribution is 5.76. The zero-order chi connectivity index (χ0) is 15.5. The summed E-state index contributed by atoms with van der Waals surface area (Å²) < 4.78 is 0. The average molecular weight is 293 g/mol. The minimum absolute atomic E-state index is 0.162. The summed E-state index contributed by atoms with van der Waals surface area (Å²) in [5, 5.41) is 11.1. The van der Waals surface area contributed by atoms with Gasteiger partial charge in [-0.05, 0) is 30.5 Å². The van der Waals surface area contributed by atoms with E-state index in [9.17, 15) is 5.11 Å². The number of rotatable bonds is 4. The van der Waals surface area contributed by atoms with Crippen LogP contribution in [0.3, 0.4) is 0 Å². The molecule has 2 aromatic heterocycles. The van der Waals surface area contributed by atoms with Crippen LogP contribution in [-0.2, 0) is 6.42 Å². The number of fused-ring (bicyclic) bond motifs is 1. The molecule has 3 rings (SSSR count). The Bertz CT molecular complexity index is 769. The van der Waals surface area contributed by atoms with Crippen molar-refractivity contribution in [2.45, 2.75) is 32.3 Å². The fourth-order valence-corrected chi connectivity index (χ4v) is 2.72. The van der Waals surface area contributed by atoms with Crippen molar-refractivity contribution in [1.82, 2.24) is 15.0 Å². The van der Waals surface area contributed by atoms with Crippen molar-refractivity contribution in [3.05, 3.63) is 65.9 Å². The molecule has 0 saturated carbocycles. The van der Waals surface area contributed by atoms with Crippen molar-refractivity contribution in [2.75, 3.05) is 0 Å². The maximum Gasteiger partial charge on any atom is 0.116 e. The van der Waals surface area contributed by atoms with Crippen LogP contribution in [0.1, 0.15) is 36.6 Å². The monoisotopic (exact) mass is 293 g/mol. The number of benzene rings is 1. The Kier molecular flexibility index (Phi) is 4.11. The minimum atomic E-state index is -0.528. The third kappa shape index (κ3) is 2.83. The van der Waals surface area contributed by atoms with Crippen LogP contribution in [-0.4, -0.2) is 26.2 Å². The third-order valence-corrected chi connectivity index (χ3v) is 3.96. The van der Waals surface area contributed by atoms with Gasteiger partial charge in [0.1, 0.15) is 6.33 Å². The molecule has 1 aromatic carbocycles. The molecule has 4 heteroatoms. The SMILES string of the molecule is CCc1ccc(C(c2cc3ncncc3cn2)C(C)O)cc1. The molecule has 0 amide bonds. The molecule has 2 unspecified atom stereocenters. The topological polar surface area (TPSA) is 58.9 Å². The van der Waals surface area contributed by atoms with E-state index in [1.807, 2.05) is 6.07 Å². The summed E-state index contributed by atoms with van der Waals surface area (Å²) in [4.78, 5) is 12.8. The number of aliphatic hydroxyl groups excluding tert-OH is 1. The first-order chi connectivity index (χ1) is 10.7. The Labute approximate surface area is 129 Å². The van der Waals surface area contributed by atoms with Crippen molar-refractivity contribution >= 4 is 10.9 Å². The van der Waals surface area contributed by atoms with Gasteiger partial charge in [0.25, 0.3) is 0 Å². The van der Waals surface area contributed by atoms with Crippen molar-refractivity contribution < 1.29 is 5.11 Å². The summed E-state index contributed by atoms with van der Waals surface area (Å²) in [7, 11) is 0. The summed E-state index contributed by atoms with van der Waals surface area (Å²) >= 11 is 0. The van der Waals surface area contributed by atoms with Crippen molar-refractivity contribution in [2.24, 2.45) is 0 Å². The highest BCUT2D eigenvalue weighted by Gasteiger charge is 2.21. The molecule has 0 saturated heterocycles. The lowest BCUT2D eigenvalue weighted by atomic mass is 9.89. The smallest absolute Gasteiger partial charge is 0.116 e. The lowest BCUT2D eigenvalue weighted by Gasteiger charge is -2.20. The molecule has 0 aliphatic carbocycles. The molecule has 0 bridgehead atoms. The van der Waals surface area contributed by atoms with E-state index >= 15 is 0 Å². The molecule has 2 atom stereocenters. The van der Waals surface area contributed by atoms with Gasteiger partial charge in [0, 0.05) is 17.8 Å². The fourth-order valence-electron chi connectivity index (χ4n) is 2.72. The lowest BCUT2D eigenvalue weighted by Crippen LogP contribution is -2.17. The van der Waals surface area contributed by atoms with Gasteiger partial charge in [-0.1, -0.05) is 31.2 Å². The second kappa shape index (κ2) is 6.20. The van der Waals surface area contributed by atoms with Gasteiger partial charge in [-0.2, -0.15) is 0 Å². The second-order valence-corrected chi connectivity index (χ2v) is 5.50. The summed E-state index contributed by atoms with van der Waals surface area (Å²) in [6.45, 7) is 3.93. The number of hydrogen-bond acceptors (Lipinski definition) is 4. The Morgan fingerprint density at radius 2 is 1.86 bits per heavy atom. The lowest BCUT2D eigenvalue weighted by molar-refractivity contribution is 0.175. The molecule has 0 aliphatic heterocycles. The molecule has 1 N–H and O–H groups in total. The predicted octanol–water partition coefficient (Wildman–Crippen LogP) is 3.10. The zero-order valence-electron chi connectivity index (χ0n) is 12.8. The molecular formula is C18H19N3O. The van der Waals surface area contributed by atoms with E-state index in [1.54, 1.807) is 19.3 Å². The van der Waals surface area contributed by atoms with Crippen LogP contribution in [0.25, 0.3) is 10.9 Å². The normalized spacial score (nSPS) is 14.0. The van der Waals surface area contributed by atoms with E-state index < -0.39 is 6.10 Å². The predicted molar refractivity (Wildman–Crippen MR) is 86.7 cm³/mol. The molecule has 0 fully saturated rings. The maximum absolute atomic E-state index is 10.2. The molecule has 0 spiro atoms. The van der Waals surface area contributed by atoms with Gasteiger partial charge in [-0.15, -0.1) is 0 Å². The Hall–Kier alpha value is -2.33. The number of aryl methyl sites for hydroxylation is 1. The molecular weight excluding hydrogens is 274 g/mol. The molecule has 4 nitrogen and oxygen atoms in total. The maximum atomic E-state index is 10.2. The van der Waals surface area contributed by atoms with E-state index in [-0.39, 0.29) is 5.92 Å². The van der Waals surface area contributed by atoms with Gasteiger partial charge in [-0.3, -0.25) is 4.98 Å². The second-order valence-electron chi connectivity index (χ2n) is 5.50. The molecule has 2 heterocycles. The van der Waals surface area contributed by atoms with Gasteiger partial charge in [0.05, 0.1) is 23.2 Å². The van der Waals surface area contributed by atoms with Crippen LogP contribution in [0.15, 0.2) is 49.1 Å². The number of pyridine rings is 1. The minimum Gasteiger partial charge on any atom is -0.392 e. The molecule has 0 aliphatic rings.